The van der Waals surface area contributed by atoms with E-state index in [1.54, 1.807) is 23.5 Å². The Morgan fingerprint density at radius 2 is 2.00 bits per heavy atom. The largest absolute Gasteiger partial charge is 0.347 e. The molecule has 4 aromatic rings. The summed E-state index contributed by atoms with van der Waals surface area (Å²) in [6, 6.07) is 15.6. The van der Waals surface area contributed by atoms with Gasteiger partial charge in [0.25, 0.3) is 0 Å². The molecule has 1 saturated heterocycles. The number of hydrogen-bond donors (Lipinski definition) is 1. The summed E-state index contributed by atoms with van der Waals surface area (Å²) in [4.78, 5) is 20.1. The van der Waals surface area contributed by atoms with Crippen LogP contribution in [-0.4, -0.2) is 33.8 Å². The quantitative estimate of drug-likeness (QED) is 0.425. The number of carbonyl (C=O) groups is 1. The van der Waals surface area contributed by atoms with E-state index in [0.29, 0.717) is 11.6 Å². The summed E-state index contributed by atoms with van der Waals surface area (Å²) in [5.74, 6) is -0.0653. The molecule has 0 radical (unpaired) electrons. The number of nitrogens with zero attached hydrogens (tertiary/aromatic N) is 4. The Kier molecular flexibility index (Phi) is 5.61. The lowest BCUT2D eigenvalue weighted by Crippen LogP contribution is -2.40. The van der Waals surface area contributed by atoms with Crippen LogP contribution in [0.15, 0.2) is 48.5 Å². The van der Waals surface area contributed by atoms with Crippen molar-refractivity contribution in [3.05, 3.63) is 64.8 Å². The highest BCUT2D eigenvalue weighted by Crippen LogP contribution is 2.34. The van der Waals surface area contributed by atoms with E-state index in [2.05, 4.69) is 41.4 Å². The number of amides is 1. The summed E-state index contributed by atoms with van der Waals surface area (Å²) in [6.07, 6.45) is 1.82. The first-order valence-corrected chi connectivity index (χ1v) is 11.9. The van der Waals surface area contributed by atoms with E-state index in [0.717, 1.165) is 51.9 Å². The van der Waals surface area contributed by atoms with Gasteiger partial charge >= 0.3 is 0 Å². The SMILES string of the molecule is Cc1ccc(-n2nc(C)c3sc(N4CCCC(C(=O)Nc5cccc(Cl)c5)C4)nc32)cc1. The van der Waals surface area contributed by atoms with Gasteiger partial charge in [-0.05, 0) is 57.0 Å². The van der Waals surface area contributed by atoms with Crippen LogP contribution in [0.25, 0.3) is 16.0 Å². The Hall–Kier alpha value is -2.90. The van der Waals surface area contributed by atoms with Crippen molar-refractivity contribution >= 4 is 50.0 Å². The van der Waals surface area contributed by atoms with Crippen LogP contribution in [0.3, 0.4) is 0 Å². The predicted molar refractivity (Wildman–Crippen MR) is 131 cm³/mol. The number of aryl methyl sites for hydroxylation is 2. The van der Waals surface area contributed by atoms with Gasteiger partial charge < -0.3 is 10.2 Å². The molecule has 1 N–H and O–H groups in total. The molecule has 0 aliphatic carbocycles. The zero-order valence-electron chi connectivity index (χ0n) is 18.0. The summed E-state index contributed by atoms with van der Waals surface area (Å²) in [7, 11) is 0. The van der Waals surface area contributed by atoms with Gasteiger partial charge in [0.05, 0.1) is 22.0 Å². The van der Waals surface area contributed by atoms with Crippen LogP contribution < -0.4 is 10.2 Å². The standard InChI is InChI=1S/C24H24ClN5OS/c1-15-8-10-20(11-9-15)30-22-21(16(2)28-30)32-24(27-22)29-12-4-5-17(14-29)23(31)26-19-7-3-6-18(25)13-19/h3,6-11,13,17H,4-5,12,14H2,1-2H3,(H,26,31). The molecule has 2 aromatic heterocycles. The fourth-order valence-electron chi connectivity index (χ4n) is 4.10. The number of rotatable bonds is 4. The van der Waals surface area contributed by atoms with Crippen LogP contribution in [0.1, 0.15) is 24.1 Å². The van der Waals surface area contributed by atoms with Gasteiger partial charge in [-0.25, -0.2) is 4.68 Å². The molecule has 1 aliphatic rings. The van der Waals surface area contributed by atoms with Crippen LogP contribution in [0, 0.1) is 19.8 Å². The predicted octanol–water partition coefficient (Wildman–Crippen LogP) is 5.61. The molecule has 32 heavy (non-hydrogen) atoms. The third kappa shape index (κ3) is 4.10. The molecule has 1 unspecified atom stereocenters. The topological polar surface area (TPSA) is 63.1 Å². The summed E-state index contributed by atoms with van der Waals surface area (Å²) in [5, 5.41) is 9.27. The number of benzene rings is 2. The third-order valence-electron chi connectivity index (χ3n) is 5.81. The fourth-order valence-corrected chi connectivity index (χ4v) is 5.31. The lowest BCUT2D eigenvalue weighted by atomic mass is 9.97. The van der Waals surface area contributed by atoms with Gasteiger partial charge in [-0.15, -0.1) is 0 Å². The summed E-state index contributed by atoms with van der Waals surface area (Å²) < 4.78 is 3.00. The van der Waals surface area contributed by atoms with Gasteiger partial charge in [-0.1, -0.05) is 46.7 Å². The first-order valence-electron chi connectivity index (χ1n) is 10.7. The number of nitrogens with one attached hydrogen (secondary N) is 1. The Bertz CT molecular complexity index is 1280. The molecule has 0 saturated carbocycles. The van der Waals surface area contributed by atoms with Crippen molar-refractivity contribution in [2.45, 2.75) is 26.7 Å². The Morgan fingerprint density at radius 3 is 2.78 bits per heavy atom. The van der Waals surface area contributed by atoms with Crippen molar-refractivity contribution in [3.8, 4) is 5.69 Å². The van der Waals surface area contributed by atoms with Crippen molar-refractivity contribution in [1.82, 2.24) is 14.8 Å². The Balaban J connectivity index is 1.37. The molecule has 1 fully saturated rings. The van der Waals surface area contributed by atoms with Gasteiger partial charge in [-0.3, -0.25) is 4.79 Å². The first kappa shape index (κ1) is 21.0. The lowest BCUT2D eigenvalue weighted by molar-refractivity contribution is -0.120. The molecule has 5 rings (SSSR count). The van der Waals surface area contributed by atoms with Gasteiger partial charge in [-0.2, -0.15) is 10.1 Å². The highest BCUT2D eigenvalue weighted by Gasteiger charge is 2.28. The van der Waals surface area contributed by atoms with E-state index in [4.69, 9.17) is 21.7 Å². The monoisotopic (exact) mass is 465 g/mol. The zero-order valence-corrected chi connectivity index (χ0v) is 19.6. The molecule has 164 valence electrons. The molecule has 0 bridgehead atoms. The van der Waals surface area contributed by atoms with Crippen LogP contribution in [-0.2, 0) is 4.79 Å². The number of halogens is 1. The molecule has 1 aliphatic heterocycles. The van der Waals surface area contributed by atoms with Crippen LogP contribution in [0.4, 0.5) is 10.8 Å². The highest BCUT2D eigenvalue weighted by atomic mass is 35.5. The van der Waals surface area contributed by atoms with Gasteiger partial charge in [0.2, 0.25) is 5.91 Å². The number of anilines is 2. The second kappa shape index (κ2) is 8.56. The van der Waals surface area contributed by atoms with Crippen LogP contribution in [0.2, 0.25) is 5.02 Å². The average Bonchev–Trinajstić information content (AvgIpc) is 3.35. The molecule has 0 spiro atoms. The number of fused-ring (bicyclic) bond motifs is 1. The number of thiazole rings is 1. The minimum atomic E-state index is -0.0931. The third-order valence-corrected chi connectivity index (χ3v) is 7.26. The molecular weight excluding hydrogens is 442 g/mol. The first-order chi connectivity index (χ1) is 15.5. The number of hydrogen-bond acceptors (Lipinski definition) is 5. The van der Waals surface area contributed by atoms with Gasteiger partial charge in [0.15, 0.2) is 10.8 Å². The smallest absolute Gasteiger partial charge is 0.229 e. The fraction of sp³-hybridized carbons (Fsp3) is 0.292. The van der Waals surface area contributed by atoms with E-state index >= 15 is 0 Å². The maximum atomic E-state index is 12.9. The van der Waals surface area contributed by atoms with Crippen molar-refractivity contribution in [3.63, 3.8) is 0 Å². The molecule has 1 atom stereocenters. The van der Waals surface area contributed by atoms with Crippen molar-refractivity contribution in [1.29, 1.82) is 0 Å². The molecular formula is C24H24ClN5OS. The minimum Gasteiger partial charge on any atom is -0.347 e. The van der Waals surface area contributed by atoms with E-state index in [9.17, 15) is 4.79 Å². The van der Waals surface area contributed by atoms with Crippen LogP contribution >= 0.6 is 22.9 Å². The normalized spacial score (nSPS) is 16.5. The molecule has 8 heteroatoms. The molecule has 3 heterocycles. The maximum Gasteiger partial charge on any atom is 0.229 e. The van der Waals surface area contributed by atoms with Crippen molar-refractivity contribution in [2.75, 3.05) is 23.3 Å². The number of piperidine rings is 1. The summed E-state index contributed by atoms with van der Waals surface area (Å²) in [5.41, 5.74) is 4.79. The van der Waals surface area contributed by atoms with Crippen molar-refractivity contribution in [2.24, 2.45) is 5.92 Å². The summed E-state index contributed by atoms with van der Waals surface area (Å²) >= 11 is 7.70. The zero-order chi connectivity index (χ0) is 22.2. The maximum absolute atomic E-state index is 12.9. The average molecular weight is 466 g/mol. The van der Waals surface area contributed by atoms with Gasteiger partial charge in [0, 0.05) is 23.8 Å². The van der Waals surface area contributed by atoms with E-state index in [-0.39, 0.29) is 11.8 Å². The summed E-state index contributed by atoms with van der Waals surface area (Å²) in [6.45, 7) is 5.64. The molecule has 6 nitrogen and oxygen atoms in total. The van der Waals surface area contributed by atoms with E-state index < -0.39 is 0 Å². The molecule has 2 aromatic carbocycles. The highest BCUT2D eigenvalue weighted by molar-refractivity contribution is 7.22. The second-order valence-electron chi connectivity index (χ2n) is 8.27. The molecule has 1 amide bonds. The van der Waals surface area contributed by atoms with Crippen LogP contribution in [0.5, 0.6) is 0 Å². The van der Waals surface area contributed by atoms with Gasteiger partial charge in [0.1, 0.15) is 0 Å². The van der Waals surface area contributed by atoms with E-state index in [1.165, 1.54) is 5.56 Å². The number of carbonyl (C=O) groups excluding carboxylic acids is 1. The second-order valence-corrected chi connectivity index (χ2v) is 9.68. The minimum absolute atomic E-state index is 0.0279. The Morgan fingerprint density at radius 1 is 1.19 bits per heavy atom. The van der Waals surface area contributed by atoms with Crippen molar-refractivity contribution < 1.29 is 4.79 Å². The lowest BCUT2D eigenvalue weighted by Gasteiger charge is -2.31. The van der Waals surface area contributed by atoms with E-state index in [1.807, 2.05) is 23.7 Å². The Labute approximate surface area is 195 Å². The number of aromatic nitrogens is 3.